The average Bonchev–Trinajstić information content (AvgIpc) is 1.41. The molecule has 14 atom stereocenters. The van der Waals surface area contributed by atoms with Crippen LogP contribution in [-0.2, 0) is 79.5 Å². The molecule has 0 saturated carbocycles. The molecule has 0 radical (unpaired) electrons. The highest BCUT2D eigenvalue weighted by Crippen LogP contribution is 2.20. The van der Waals surface area contributed by atoms with Gasteiger partial charge in [-0.25, -0.2) is 14.4 Å². The number of benzene rings is 1. The molecule has 8 amide bonds. The Bertz CT molecular complexity index is 2820. The Morgan fingerprint density at radius 1 is 0.769 bits per heavy atom. The number of allylic oxidation sites excluding steroid dienone is 2. The predicted octanol–water partition coefficient (Wildman–Crippen LogP) is -0.990. The van der Waals surface area contributed by atoms with Gasteiger partial charge in [-0.2, -0.15) is 0 Å². The molecule has 91 heavy (non-hydrogen) atoms. The molecule has 1 fully saturated rings. The molecule has 0 spiro atoms. The van der Waals surface area contributed by atoms with E-state index >= 15 is 0 Å². The highest BCUT2D eigenvalue weighted by atomic mass is 32.2. The maximum absolute atomic E-state index is 14.6. The third-order valence-electron chi connectivity index (χ3n) is 15.0. The van der Waals surface area contributed by atoms with Gasteiger partial charge in [-0.1, -0.05) is 103 Å². The first kappa shape index (κ1) is 78.8. The second-order valence-corrected chi connectivity index (χ2v) is 25.1. The molecule has 1 aliphatic heterocycles. The summed E-state index contributed by atoms with van der Waals surface area (Å²) in [5.74, 6) is -20.4. The fraction of sp³-hybridized carbons (Fsp3) is 0.617. The van der Waals surface area contributed by atoms with Crippen LogP contribution in [0.3, 0.4) is 0 Å². The molecule has 0 aromatic heterocycles. The maximum Gasteiger partial charge on any atom is 0.327 e. The Balaban J connectivity index is 2.91. The normalized spacial score (nSPS) is 24.1. The minimum atomic E-state index is -2.44. The van der Waals surface area contributed by atoms with E-state index in [1.54, 1.807) is 47.8 Å². The van der Waals surface area contributed by atoms with Crippen LogP contribution in [0.1, 0.15) is 112 Å². The number of nitrogens with zero attached hydrogens (tertiary/aromatic N) is 2. The molecule has 1 aliphatic rings. The zero-order chi connectivity index (χ0) is 69.0. The second-order valence-electron chi connectivity index (χ2n) is 23.6. The number of carbonyl (C=O) groups is 12. The highest BCUT2D eigenvalue weighted by Gasteiger charge is 2.39. The molecule has 0 aliphatic carbocycles. The lowest BCUT2D eigenvalue weighted by atomic mass is 9.94. The monoisotopic (exact) mass is 1300 g/mol. The zero-order valence-electron chi connectivity index (χ0n) is 53.3. The molecular formula is C60H94N12O18S. The van der Waals surface area contributed by atoms with Crippen LogP contribution < -0.4 is 54.4 Å². The van der Waals surface area contributed by atoms with E-state index in [0.717, 1.165) is 17.5 Å². The number of aliphatic imine (C=N–C) groups is 1. The van der Waals surface area contributed by atoms with E-state index in [4.69, 9.17) is 27.0 Å². The number of rotatable bonds is 27. The maximum atomic E-state index is 14.6. The van der Waals surface area contributed by atoms with Crippen molar-refractivity contribution in [1.29, 1.82) is 0 Å². The summed E-state index contributed by atoms with van der Waals surface area (Å²) in [5, 5.41) is 57.5. The van der Waals surface area contributed by atoms with E-state index in [2.05, 4.69) is 42.2 Å². The number of methoxy groups -OCH3 is 1. The Hall–Kier alpha value is -8.32. The molecule has 0 bridgehead atoms. The van der Waals surface area contributed by atoms with Crippen LogP contribution in [0.5, 0.6) is 0 Å². The molecule has 17 N–H and O–H groups in total. The van der Waals surface area contributed by atoms with Crippen molar-refractivity contribution in [2.45, 2.75) is 174 Å². The Morgan fingerprint density at radius 2 is 1.33 bits per heavy atom. The van der Waals surface area contributed by atoms with Gasteiger partial charge >= 0.3 is 23.9 Å². The van der Waals surface area contributed by atoms with Gasteiger partial charge in [0, 0.05) is 50.3 Å². The number of nitrogens with two attached hydrogens (primary N) is 3. The van der Waals surface area contributed by atoms with E-state index in [1.165, 1.54) is 19.9 Å². The fourth-order valence-corrected chi connectivity index (χ4v) is 11.0. The molecule has 1 aromatic rings. The van der Waals surface area contributed by atoms with Gasteiger partial charge in [0.15, 0.2) is 5.96 Å². The van der Waals surface area contributed by atoms with Crippen molar-refractivity contribution < 1.29 is 86.9 Å². The topological polar surface area (TPSA) is 490 Å². The van der Waals surface area contributed by atoms with Gasteiger partial charge in [0.25, 0.3) is 0 Å². The molecule has 1 aromatic carbocycles. The number of carboxylic acid groups (broad SMARTS) is 4. The third kappa shape index (κ3) is 28.2. The minimum absolute atomic E-state index is 0.0351. The standard InChI is InChI=1S/C60H94N12O18S/c1-31(2)25-42-53(78)69-43(26-32(3)4)54(79)71-49(59(87)88)36(8)51(76)67-40(17-14-24-64-60(62)63)52(77)66-39(20-18-33(5)27-34(6)46(90-10)28-37-15-12-11-13-16-37)35(7)50(75)68-41(57(83)84)21-23-48(74)72(9)45(55(80)70-42)30-91(89)29-44(58(85)86)65-47(73)22-19-38(61)56(81)82/h11-13,15-16,18,20,27,31-32,34-36,38-46,49H,14,17,19,21-26,28-30,61H2,1-10H3,(H,65,73)(H,66,77)(H,67,76)(H,68,75)(H,69,78)(H,70,80)(H,71,79)(H,81,82)(H,83,84)(H,85,86)(H,87,88)(H4,62,63,64)/b20-18+,33-27+/t34-,35-,36-,38-,39-,40-,41+,42+,43-,44-,45?,46-,49+,91?/m0/s1. The van der Waals surface area contributed by atoms with Crippen molar-refractivity contribution in [2.75, 3.05) is 32.2 Å². The van der Waals surface area contributed by atoms with Crippen molar-refractivity contribution in [1.82, 2.24) is 42.1 Å². The number of hydrogen-bond donors (Lipinski definition) is 14. The molecule has 31 heteroatoms. The van der Waals surface area contributed by atoms with Crippen LogP contribution in [0.15, 0.2) is 59.1 Å². The molecule has 508 valence electrons. The number of carboxylic acids is 4. The van der Waals surface area contributed by atoms with Gasteiger partial charge in [0.2, 0.25) is 47.3 Å². The molecule has 2 rings (SSSR count). The molecule has 2 unspecified atom stereocenters. The number of ether oxygens (including phenoxy) is 1. The summed E-state index contributed by atoms with van der Waals surface area (Å²) in [6, 6.07) is -5.31. The fourth-order valence-electron chi connectivity index (χ4n) is 9.58. The van der Waals surface area contributed by atoms with Crippen molar-refractivity contribution in [3.8, 4) is 0 Å². The smallest absolute Gasteiger partial charge is 0.327 e. The van der Waals surface area contributed by atoms with Crippen molar-refractivity contribution in [3.05, 3.63) is 59.7 Å². The van der Waals surface area contributed by atoms with Gasteiger partial charge < -0.3 is 84.5 Å². The highest BCUT2D eigenvalue weighted by molar-refractivity contribution is 7.85. The largest absolute Gasteiger partial charge is 0.480 e. The molecule has 30 nitrogen and oxygen atoms in total. The first-order valence-corrected chi connectivity index (χ1v) is 31.4. The van der Waals surface area contributed by atoms with Crippen LogP contribution >= 0.6 is 0 Å². The summed E-state index contributed by atoms with van der Waals surface area (Å²) in [6.45, 7) is 12.9. The Kier molecular flexibility index (Phi) is 33.8. The summed E-state index contributed by atoms with van der Waals surface area (Å²) < 4.78 is 19.8. The quantitative estimate of drug-likeness (QED) is 0.0218. The Morgan fingerprint density at radius 3 is 1.87 bits per heavy atom. The van der Waals surface area contributed by atoms with E-state index < -0.39 is 185 Å². The number of likely N-dealkylation sites (N-methyl/N-ethyl adjacent to an activating group) is 1. The molecule has 1 heterocycles. The van der Waals surface area contributed by atoms with Crippen LogP contribution in [0.25, 0.3) is 0 Å². The number of hydrogen-bond acceptors (Lipinski definition) is 16. The van der Waals surface area contributed by atoms with E-state index in [1.807, 2.05) is 43.3 Å². The summed E-state index contributed by atoms with van der Waals surface area (Å²) in [5.41, 5.74) is 18.2. The van der Waals surface area contributed by atoms with Crippen LogP contribution in [0.4, 0.5) is 0 Å². The lowest BCUT2D eigenvalue weighted by molar-refractivity contribution is -0.146. The molecular weight excluding hydrogens is 1210 g/mol. The van der Waals surface area contributed by atoms with Gasteiger partial charge in [-0.15, -0.1) is 0 Å². The van der Waals surface area contributed by atoms with Gasteiger partial charge in [-0.05, 0) is 69.3 Å². The van der Waals surface area contributed by atoms with Crippen LogP contribution in [0, 0.1) is 29.6 Å². The summed E-state index contributed by atoms with van der Waals surface area (Å²) in [6.07, 6.45) is 2.56. The zero-order valence-corrected chi connectivity index (χ0v) is 54.1. The van der Waals surface area contributed by atoms with Crippen molar-refractivity contribution in [3.63, 3.8) is 0 Å². The number of nitrogens with one attached hydrogen (secondary N) is 7. The van der Waals surface area contributed by atoms with E-state index in [-0.39, 0.29) is 62.0 Å². The first-order valence-electron chi connectivity index (χ1n) is 29.9. The number of amides is 8. The lowest BCUT2D eigenvalue weighted by Crippen LogP contribution is -2.60. The first-order chi connectivity index (χ1) is 42.6. The average molecular weight is 1300 g/mol. The van der Waals surface area contributed by atoms with Crippen molar-refractivity contribution >= 4 is 87.9 Å². The SMILES string of the molecule is CO[C@@H](Cc1ccccc1)[C@@H](C)/C=C(C)/C=C/[C@@H]1NC(=O)[C@H](CCCN=C(N)N)NC(=O)[C@@H](C)[C@H](C(=O)O)NC(=O)[C@H](CC(C)C)NC(=O)[C@@H](CC(C)C)NC(=O)C(CS(=O)C[C@H](NC(=O)CC[C@H](N)C(=O)O)C(=O)O)N(C)C(=O)CC[C@H](C(=O)O)NC(=O)[C@H]1C. The van der Waals surface area contributed by atoms with Gasteiger partial charge in [0.05, 0.1) is 35.5 Å². The van der Waals surface area contributed by atoms with Crippen LogP contribution in [0.2, 0.25) is 0 Å². The number of aliphatic carboxylic acids is 4. The van der Waals surface area contributed by atoms with Gasteiger partial charge in [0.1, 0.15) is 48.3 Å². The van der Waals surface area contributed by atoms with Crippen molar-refractivity contribution in [2.24, 2.45) is 51.8 Å². The minimum Gasteiger partial charge on any atom is -0.480 e. The second kappa shape index (κ2) is 39.1. The lowest BCUT2D eigenvalue weighted by Gasteiger charge is -2.31. The van der Waals surface area contributed by atoms with E-state index in [9.17, 15) is 77.1 Å². The van der Waals surface area contributed by atoms with Gasteiger partial charge in [-0.3, -0.25) is 52.4 Å². The number of guanidine groups is 1. The summed E-state index contributed by atoms with van der Waals surface area (Å²) >= 11 is 0. The Labute approximate surface area is 532 Å². The predicted molar refractivity (Wildman–Crippen MR) is 335 cm³/mol. The van der Waals surface area contributed by atoms with Crippen LogP contribution in [-0.4, -0.2) is 199 Å². The summed E-state index contributed by atoms with van der Waals surface area (Å²) in [7, 11) is 0.217. The van der Waals surface area contributed by atoms with E-state index in [0.29, 0.717) is 12.0 Å². The third-order valence-corrected chi connectivity index (χ3v) is 16.4. The molecule has 1 saturated heterocycles. The summed E-state index contributed by atoms with van der Waals surface area (Å²) in [4.78, 5) is 168. The number of carbonyl (C=O) groups excluding carboxylic acids is 8.